The first-order valence-corrected chi connectivity index (χ1v) is 28.7. The van der Waals surface area contributed by atoms with Crippen LogP contribution in [0, 0.1) is 0 Å². The predicted molar refractivity (Wildman–Crippen MR) is 315 cm³/mol. The van der Waals surface area contributed by atoms with Gasteiger partial charge in [-0.25, -0.2) is 0 Å². The summed E-state index contributed by atoms with van der Waals surface area (Å²) < 4.78 is 0. The van der Waals surface area contributed by atoms with Crippen molar-refractivity contribution in [3.63, 3.8) is 0 Å². The smallest absolute Gasteiger partial charge is 0.322 e. The number of carboxylic acids is 2. The Morgan fingerprint density at radius 3 is 0.718 bits per heavy atom. The fraction of sp³-hybridized carbons (Fsp3) is 0.857. The minimum absolute atomic E-state index is 0.0260. The summed E-state index contributed by atoms with van der Waals surface area (Å²) in [6.45, 7) is 46.7. The van der Waals surface area contributed by atoms with Crippen LogP contribution < -0.4 is 51.5 Å². The number of hydrogen-bond donors (Lipinski definition) is 10. The Hall–Kier alpha value is -4.48. The van der Waals surface area contributed by atoms with Crippen molar-refractivity contribution in [3.05, 3.63) is 0 Å². The molecule has 4 aliphatic heterocycles. The molecule has 6 heterocycles. The van der Waals surface area contributed by atoms with Gasteiger partial charge in [0, 0.05) is 94.7 Å². The van der Waals surface area contributed by atoms with E-state index in [0.29, 0.717) is 35.7 Å². The van der Waals surface area contributed by atoms with Crippen molar-refractivity contribution in [1.29, 1.82) is 0 Å². The molecular weight excluding hydrogens is 993 g/mol. The van der Waals surface area contributed by atoms with Crippen LogP contribution >= 0.6 is 0 Å². The number of aliphatic hydroxyl groups excluding tert-OH is 2. The van der Waals surface area contributed by atoms with E-state index in [4.69, 9.17) is 40.1 Å². The maximum absolute atomic E-state index is 11.3. The molecule has 446 valence electrons. The van der Waals surface area contributed by atoms with E-state index in [1.807, 2.05) is 0 Å². The third-order valence-electron chi connectivity index (χ3n) is 14.9. The van der Waals surface area contributed by atoms with Crippen molar-refractivity contribution in [3.8, 4) is 0 Å². The van der Waals surface area contributed by atoms with E-state index in [2.05, 4.69) is 190 Å². The van der Waals surface area contributed by atoms with Crippen molar-refractivity contribution in [1.82, 2.24) is 51.2 Å². The van der Waals surface area contributed by atoms with E-state index in [1.54, 1.807) is 0 Å². The molecule has 0 unspecified atom stereocenters. The summed E-state index contributed by atoms with van der Waals surface area (Å²) in [4.78, 5) is 60.8. The average Bonchev–Trinajstić information content (AvgIpc) is 3.25. The molecule has 4 fully saturated rings. The normalized spacial score (nSPS) is 22.1. The number of nitrogens with one attached hydrogen (secondary N) is 6. The zero-order valence-electron chi connectivity index (χ0n) is 51.7. The second-order valence-corrected chi connectivity index (χ2v) is 27.4. The van der Waals surface area contributed by atoms with Crippen LogP contribution in [0.25, 0.3) is 0 Å². The monoisotopic (exact) mass is 1100 g/mol. The van der Waals surface area contributed by atoms with Crippen molar-refractivity contribution in [2.75, 3.05) is 82.7 Å². The minimum Gasteiger partial charge on any atom is -0.480 e. The van der Waals surface area contributed by atoms with Gasteiger partial charge in [0.1, 0.15) is 13.1 Å². The summed E-state index contributed by atoms with van der Waals surface area (Å²) in [6, 6.07) is 0.965. The molecule has 2 aromatic heterocycles. The summed E-state index contributed by atoms with van der Waals surface area (Å²) in [5, 5.41) is 54.7. The van der Waals surface area contributed by atoms with Crippen LogP contribution in [-0.4, -0.2) is 183 Å². The molecule has 0 radical (unpaired) electrons. The van der Waals surface area contributed by atoms with Gasteiger partial charge in [0.2, 0.25) is 35.7 Å². The average molecular weight is 1100 g/mol. The quantitative estimate of drug-likeness (QED) is 0.0744. The summed E-state index contributed by atoms with van der Waals surface area (Å²) in [5.41, 5.74) is -0.208. The molecule has 22 heteroatoms. The Bertz CT molecular complexity index is 1930. The van der Waals surface area contributed by atoms with Gasteiger partial charge in [0.05, 0.1) is 13.2 Å². The van der Waals surface area contributed by atoms with Crippen molar-refractivity contribution in [2.24, 2.45) is 0 Å². The van der Waals surface area contributed by atoms with Crippen molar-refractivity contribution in [2.45, 2.75) is 258 Å². The second-order valence-electron chi connectivity index (χ2n) is 27.4. The Morgan fingerprint density at radius 2 is 0.577 bits per heavy atom. The number of hydrogen-bond acceptors (Lipinski definition) is 20. The highest BCUT2D eigenvalue weighted by molar-refractivity contribution is 5.72. The fourth-order valence-corrected chi connectivity index (χ4v) is 13.9. The number of carbonyl (C=O) groups is 2. The van der Waals surface area contributed by atoms with Crippen LogP contribution in [0.4, 0.5) is 35.7 Å². The van der Waals surface area contributed by atoms with Gasteiger partial charge < -0.3 is 71.9 Å². The molecular formula is C56H106N16O6. The summed E-state index contributed by atoms with van der Waals surface area (Å²) in [7, 11) is 0. The van der Waals surface area contributed by atoms with Gasteiger partial charge in [-0.05, 0) is 190 Å². The molecule has 22 nitrogen and oxygen atoms in total. The molecule has 0 saturated carbocycles. The van der Waals surface area contributed by atoms with Gasteiger partial charge in [0.25, 0.3) is 0 Å². The zero-order valence-corrected chi connectivity index (χ0v) is 51.7. The summed E-state index contributed by atoms with van der Waals surface area (Å²) >= 11 is 0. The van der Waals surface area contributed by atoms with Crippen LogP contribution in [-0.2, 0) is 9.59 Å². The predicted octanol–water partition coefficient (Wildman–Crippen LogP) is 6.25. The Kier molecular flexibility index (Phi) is 22.0. The molecule has 4 aliphatic rings. The van der Waals surface area contributed by atoms with Gasteiger partial charge in [-0.15, -0.1) is 0 Å². The van der Waals surface area contributed by atoms with Crippen LogP contribution in [0.1, 0.15) is 190 Å². The molecule has 4 saturated heterocycles. The highest BCUT2D eigenvalue weighted by Gasteiger charge is 2.45. The highest BCUT2D eigenvalue weighted by atomic mass is 16.4. The Balaban J connectivity index is 0.000000315. The lowest BCUT2D eigenvalue weighted by Crippen LogP contribution is -2.62. The lowest BCUT2D eigenvalue weighted by atomic mass is 9.79. The Morgan fingerprint density at radius 1 is 0.397 bits per heavy atom. The van der Waals surface area contributed by atoms with Crippen LogP contribution in [0.2, 0.25) is 0 Å². The molecule has 78 heavy (non-hydrogen) atoms. The fourth-order valence-electron chi connectivity index (χ4n) is 13.9. The molecule has 0 aliphatic carbocycles. The van der Waals surface area contributed by atoms with Crippen molar-refractivity contribution >= 4 is 47.6 Å². The molecule has 10 N–H and O–H groups in total. The second kappa shape index (κ2) is 26.0. The molecule has 0 bridgehead atoms. The van der Waals surface area contributed by atoms with Crippen LogP contribution in [0.15, 0.2) is 0 Å². The number of anilines is 6. The number of aliphatic carboxylic acids is 2. The standard InChI is InChI=1S/2C27H50N8O2.C2H6O2/c2*1-11-34(18-13-24(3,4)32-25(5,6)14-18)22-29-21(28-17-20(36)37)30-23(31-22)35(12-2)19-15-26(7,8)33-27(9,10)16-19;3-1-2-4/h2*18-19,32-33H,11-17H2,1-10H3,(H,36,37)(H,28,29,30,31);3-4H,1-2H2. The highest BCUT2D eigenvalue weighted by Crippen LogP contribution is 2.38. The lowest BCUT2D eigenvalue weighted by Gasteiger charge is -2.50. The van der Waals surface area contributed by atoms with Crippen molar-refractivity contribution < 1.29 is 30.0 Å². The first kappa shape index (κ1) is 66.0. The number of carboxylic acid groups (broad SMARTS) is 2. The number of piperidine rings is 4. The largest absolute Gasteiger partial charge is 0.480 e. The van der Waals surface area contributed by atoms with E-state index in [-0.39, 0.29) is 94.8 Å². The molecule has 2 aromatic rings. The molecule has 0 aromatic carbocycles. The summed E-state index contributed by atoms with van der Waals surface area (Å²) in [6.07, 6.45) is 7.65. The number of rotatable bonds is 19. The molecule has 0 amide bonds. The van der Waals surface area contributed by atoms with E-state index < -0.39 is 11.9 Å². The first-order chi connectivity index (χ1) is 35.8. The van der Waals surface area contributed by atoms with Gasteiger partial charge in [-0.2, -0.15) is 29.9 Å². The molecule has 6 rings (SSSR count). The number of aromatic nitrogens is 6. The molecule has 0 atom stereocenters. The van der Waals surface area contributed by atoms with E-state index >= 15 is 0 Å². The first-order valence-electron chi connectivity index (χ1n) is 28.7. The third kappa shape index (κ3) is 19.7. The minimum atomic E-state index is -0.952. The Labute approximate surface area is 468 Å². The molecule has 0 spiro atoms. The summed E-state index contributed by atoms with van der Waals surface area (Å²) in [5.74, 6) is 1.11. The number of nitrogens with zero attached hydrogens (tertiary/aromatic N) is 10. The number of aliphatic hydroxyl groups is 2. The van der Waals surface area contributed by atoms with Gasteiger partial charge in [-0.3, -0.25) is 9.59 Å². The van der Waals surface area contributed by atoms with Gasteiger partial charge in [-0.1, -0.05) is 0 Å². The van der Waals surface area contributed by atoms with E-state index in [9.17, 15) is 19.8 Å². The zero-order chi connectivity index (χ0) is 59.0. The van der Waals surface area contributed by atoms with Crippen LogP contribution in [0.3, 0.4) is 0 Å². The van der Waals surface area contributed by atoms with Gasteiger partial charge >= 0.3 is 11.9 Å². The SMILES string of the molecule is CCN(c1nc(NCC(=O)O)nc(N(CC)C2CC(C)(C)NC(C)(C)C2)n1)C1CC(C)(C)NC(C)(C)C1.CCN(c1nc(NCC(=O)O)nc(N(CC)C2CC(C)(C)NC(C)(C)C2)n1)C1CC(C)(C)NC(C)(C)C1.OCCO. The maximum Gasteiger partial charge on any atom is 0.322 e. The maximum atomic E-state index is 11.3. The van der Waals surface area contributed by atoms with Gasteiger partial charge in [0.15, 0.2) is 0 Å². The topological polar surface area (TPSA) is 278 Å². The third-order valence-corrected chi connectivity index (χ3v) is 14.9. The lowest BCUT2D eigenvalue weighted by molar-refractivity contribution is -0.136. The van der Waals surface area contributed by atoms with Crippen LogP contribution in [0.5, 0.6) is 0 Å². The van der Waals surface area contributed by atoms with E-state index in [0.717, 1.165) is 77.5 Å². The van der Waals surface area contributed by atoms with E-state index in [1.165, 1.54) is 0 Å².